The smallest absolute Gasteiger partial charge is 0.152 e. The second-order valence-electron chi connectivity index (χ2n) is 3.80. The van der Waals surface area contributed by atoms with Gasteiger partial charge in [0.05, 0.1) is 15.5 Å². The Morgan fingerprint density at radius 3 is 2.76 bits per heavy atom. The highest BCUT2D eigenvalue weighted by Crippen LogP contribution is 2.32. The molecule has 2 nitrogen and oxygen atoms in total. The van der Waals surface area contributed by atoms with Gasteiger partial charge in [-0.05, 0) is 53.5 Å². The first-order chi connectivity index (χ1) is 8.08. The van der Waals surface area contributed by atoms with Gasteiger partial charge in [0.15, 0.2) is 5.15 Å². The van der Waals surface area contributed by atoms with E-state index in [1.807, 2.05) is 13.0 Å². The highest BCUT2D eigenvalue weighted by molar-refractivity contribution is 9.11. The summed E-state index contributed by atoms with van der Waals surface area (Å²) < 4.78 is 1.13. The van der Waals surface area contributed by atoms with Crippen LogP contribution in [0.5, 0.6) is 0 Å². The zero-order valence-corrected chi connectivity index (χ0v) is 12.7. The van der Waals surface area contributed by atoms with Gasteiger partial charge in [0.25, 0.3) is 0 Å². The predicted octanol–water partition coefficient (Wildman–Crippen LogP) is 5.04. The Labute approximate surface area is 118 Å². The van der Waals surface area contributed by atoms with Crippen LogP contribution in [-0.2, 0) is 0 Å². The van der Waals surface area contributed by atoms with Crippen molar-refractivity contribution in [2.75, 3.05) is 5.32 Å². The summed E-state index contributed by atoms with van der Waals surface area (Å²) >= 11 is 11.3. The van der Waals surface area contributed by atoms with Crippen molar-refractivity contribution in [3.8, 4) is 0 Å². The first kappa shape index (κ1) is 12.9. The fourth-order valence-corrected chi connectivity index (χ4v) is 3.23. The lowest BCUT2D eigenvalue weighted by atomic mass is 10.2. The molecule has 0 bridgehead atoms. The molecule has 1 unspecified atom stereocenters. The average Bonchev–Trinajstić information content (AvgIpc) is 2.70. The molecule has 1 N–H and O–H groups in total. The molecule has 0 aliphatic rings. The van der Waals surface area contributed by atoms with E-state index < -0.39 is 0 Å². The van der Waals surface area contributed by atoms with Gasteiger partial charge in [-0.2, -0.15) is 0 Å². The zero-order valence-electron chi connectivity index (χ0n) is 9.50. The number of nitrogens with zero attached hydrogens (tertiary/aromatic N) is 1. The van der Waals surface area contributed by atoms with Crippen LogP contribution in [0.1, 0.15) is 23.4 Å². The molecular weight excluding hydrogens is 320 g/mol. The van der Waals surface area contributed by atoms with Crippen LogP contribution in [0.25, 0.3) is 0 Å². The van der Waals surface area contributed by atoms with Crippen molar-refractivity contribution in [2.45, 2.75) is 19.9 Å². The molecule has 2 rings (SSSR count). The number of aryl methyl sites for hydroxylation is 1. The largest absolute Gasteiger partial charge is 0.375 e. The molecule has 5 heteroatoms. The van der Waals surface area contributed by atoms with Crippen LogP contribution in [0, 0.1) is 6.92 Å². The summed E-state index contributed by atoms with van der Waals surface area (Å²) in [6.45, 7) is 4.13. The van der Waals surface area contributed by atoms with Gasteiger partial charge in [0.2, 0.25) is 0 Å². The highest BCUT2D eigenvalue weighted by atomic mass is 79.9. The lowest BCUT2D eigenvalue weighted by Crippen LogP contribution is -2.07. The van der Waals surface area contributed by atoms with Gasteiger partial charge in [0.1, 0.15) is 0 Å². The third-order valence-corrected chi connectivity index (χ3v) is 4.59. The third kappa shape index (κ3) is 3.00. The Hall–Kier alpha value is -0.580. The second-order valence-corrected chi connectivity index (χ2v) is 6.65. The van der Waals surface area contributed by atoms with Crippen molar-refractivity contribution in [3.05, 3.63) is 43.8 Å². The second kappa shape index (κ2) is 5.38. The standard InChI is InChI=1S/C12H12BrClN2S/c1-7-5-6-15-12(14)11(7)16-8(2)9-3-4-10(13)17-9/h3-6,8,16H,1-2H3. The highest BCUT2D eigenvalue weighted by Gasteiger charge is 2.11. The maximum absolute atomic E-state index is 6.09. The van der Waals surface area contributed by atoms with Crippen molar-refractivity contribution >= 4 is 44.6 Å². The summed E-state index contributed by atoms with van der Waals surface area (Å²) in [7, 11) is 0. The molecule has 0 aromatic carbocycles. The van der Waals surface area contributed by atoms with Crippen LogP contribution >= 0.6 is 38.9 Å². The number of anilines is 1. The van der Waals surface area contributed by atoms with Gasteiger partial charge in [-0.1, -0.05) is 11.6 Å². The predicted molar refractivity (Wildman–Crippen MR) is 78.0 cm³/mol. The first-order valence-corrected chi connectivity index (χ1v) is 7.19. The topological polar surface area (TPSA) is 24.9 Å². The summed E-state index contributed by atoms with van der Waals surface area (Å²) in [5.41, 5.74) is 2.01. The minimum atomic E-state index is 0.215. The number of halogens is 2. The third-order valence-electron chi connectivity index (χ3n) is 2.49. The van der Waals surface area contributed by atoms with Crippen molar-refractivity contribution in [1.82, 2.24) is 4.98 Å². The Morgan fingerprint density at radius 2 is 2.18 bits per heavy atom. The van der Waals surface area contributed by atoms with Crippen LogP contribution in [0.3, 0.4) is 0 Å². The maximum atomic E-state index is 6.09. The number of thiophene rings is 1. The van der Waals surface area contributed by atoms with Crippen molar-refractivity contribution in [2.24, 2.45) is 0 Å². The van der Waals surface area contributed by atoms with E-state index in [0.717, 1.165) is 15.0 Å². The van der Waals surface area contributed by atoms with E-state index in [4.69, 9.17) is 11.6 Å². The molecule has 0 aliphatic heterocycles. The van der Waals surface area contributed by atoms with E-state index in [1.165, 1.54) is 4.88 Å². The number of hydrogen-bond donors (Lipinski definition) is 1. The molecule has 0 saturated carbocycles. The summed E-state index contributed by atoms with van der Waals surface area (Å²) in [4.78, 5) is 5.35. The van der Waals surface area contributed by atoms with Gasteiger partial charge >= 0.3 is 0 Å². The van der Waals surface area contributed by atoms with Gasteiger partial charge in [-0.15, -0.1) is 11.3 Å². The SMILES string of the molecule is Cc1ccnc(Cl)c1NC(C)c1ccc(Br)s1. The normalized spacial score (nSPS) is 12.5. The van der Waals surface area contributed by atoms with Crippen LogP contribution < -0.4 is 5.32 Å². The Kier molecular flexibility index (Phi) is 4.07. The number of pyridine rings is 1. The van der Waals surface area contributed by atoms with Crippen molar-refractivity contribution < 1.29 is 0 Å². The van der Waals surface area contributed by atoms with E-state index in [1.54, 1.807) is 17.5 Å². The van der Waals surface area contributed by atoms with E-state index >= 15 is 0 Å². The summed E-state index contributed by atoms with van der Waals surface area (Å²) in [6.07, 6.45) is 1.72. The van der Waals surface area contributed by atoms with E-state index in [2.05, 4.69) is 45.3 Å². The molecule has 0 aliphatic carbocycles. The molecular formula is C12H12BrClN2S. The van der Waals surface area contributed by atoms with Crippen LogP contribution in [0.4, 0.5) is 5.69 Å². The number of rotatable bonds is 3. The molecule has 1 atom stereocenters. The minimum Gasteiger partial charge on any atom is -0.375 e. The van der Waals surface area contributed by atoms with Crippen LogP contribution in [0.2, 0.25) is 5.15 Å². The average molecular weight is 332 g/mol. The van der Waals surface area contributed by atoms with Crippen molar-refractivity contribution in [1.29, 1.82) is 0 Å². The van der Waals surface area contributed by atoms with E-state index in [0.29, 0.717) is 5.15 Å². The molecule has 2 aromatic rings. The summed E-state index contributed by atoms with van der Waals surface area (Å²) in [5, 5.41) is 3.92. The molecule has 0 amide bonds. The number of hydrogen-bond acceptors (Lipinski definition) is 3. The molecule has 0 saturated heterocycles. The fraction of sp³-hybridized carbons (Fsp3) is 0.250. The fourth-order valence-electron chi connectivity index (χ4n) is 1.55. The lowest BCUT2D eigenvalue weighted by molar-refractivity contribution is 0.903. The Balaban J connectivity index is 2.21. The molecule has 2 aromatic heterocycles. The molecule has 17 heavy (non-hydrogen) atoms. The Morgan fingerprint density at radius 1 is 1.41 bits per heavy atom. The monoisotopic (exact) mass is 330 g/mol. The van der Waals surface area contributed by atoms with Gasteiger partial charge in [0, 0.05) is 11.1 Å². The van der Waals surface area contributed by atoms with Crippen LogP contribution in [0.15, 0.2) is 28.2 Å². The van der Waals surface area contributed by atoms with Crippen LogP contribution in [-0.4, -0.2) is 4.98 Å². The molecule has 90 valence electrons. The number of nitrogens with one attached hydrogen (secondary N) is 1. The molecule has 0 radical (unpaired) electrons. The van der Waals surface area contributed by atoms with E-state index in [-0.39, 0.29) is 6.04 Å². The number of aromatic nitrogens is 1. The molecule has 2 heterocycles. The van der Waals surface area contributed by atoms with Crippen molar-refractivity contribution in [3.63, 3.8) is 0 Å². The molecule has 0 fully saturated rings. The minimum absolute atomic E-state index is 0.215. The quantitative estimate of drug-likeness (QED) is 0.797. The van der Waals surface area contributed by atoms with Gasteiger partial charge in [-0.25, -0.2) is 4.98 Å². The van der Waals surface area contributed by atoms with Gasteiger partial charge < -0.3 is 5.32 Å². The summed E-state index contributed by atoms with van der Waals surface area (Å²) in [5.74, 6) is 0. The zero-order chi connectivity index (χ0) is 12.4. The summed E-state index contributed by atoms with van der Waals surface area (Å²) in [6, 6.07) is 6.32. The maximum Gasteiger partial charge on any atom is 0.152 e. The Bertz CT molecular complexity index is 507. The lowest BCUT2D eigenvalue weighted by Gasteiger charge is -2.16. The first-order valence-electron chi connectivity index (χ1n) is 5.21. The molecule has 0 spiro atoms. The van der Waals surface area contributed by atoms with E-state index in [9.17, 15) is 0 Å². The van der Waals surface area contributed by atoms with Gasteiger partial charge in [-0.3, -0.25) is 0 Å².